The largest absolute Gasteiger partial charge is 0.309 e. The van der Waals surface area contributed by atoms with E-state index in [0.29, 0.717) is 0 Å². The van der Waals surface area contributed by atoms with E-state index in [1.165, 1.54) is 16.7 Å². The van der Waals surface area contributed by atoms with E-state index in [-0.39, 0.29) is 22.6 Å². The number of nitrogens with one attached hydrogen (secondary N) is 1. The van der Waals surface area contributed by atoms with Crippen LogP contribution < -0.4 is 5.32 Å². The van der Waals surface area contributed by atoms with Gasteiger partial charge < -0.3 is 5.32 Å². The van der Waals surface area contributed by atoms with Crippen molar-refractivity contribution in [2.75, 3.05) is 6.54 Å². The predicted molar refractivity (Wildman–Crippen MR) is 75.8 cm³/mol. The molecule has 1 aliphatic carbocycles. The Labute approximate surface area is 116 Å². The van der Waals surface area contributed by atoms with Crippen LogP contribution >= 0.6 is 0 Å². The lowest BCUT2D eigenvalue weighted by molar-refractivity contribution is -0.384. The average Bonchev–Trinajstić information content (AvgIpc) is 2.73. The Kier molecular flexibility index (Phi) is 2.41. The lowest BCUT2D eigenvalue weighted by Crippen LogP contribution is -2.31. The van der Waals surface area contributed by atoms with Gasteiger partial charge in [-0.15, -0.1) is 0 Å². The third-order valence-corrected chi connectivity index (χ3v) is 4.45. The summed E-state index contributed by atoms with van der Waals surface area (Å²) in [5, 5.41) is 14.6. The van der Waals surface area contributed by atoms with E-state index in [1.54, 1.807) is 12.1 Å². The number of benzene rings is 2. The highest BCUT2D eigenvalue weighted by Gasteiger charge is 2.34. The summed E-state index contributed by atoms with van der Waals surface area (Å²) in [4.78, 5) is 10.7. The van der Waals surface area contributed by atoms with Crippen molar-refractivity contribution >= 4 is 5.69 Å². The topological polar surface area (TPSA) is 55.2 Å². The lowest BCUT2D eigenvalue weighted by atomic mass is 9.85. The molecule has 3 aliphatic rings. The van der Waals surface area contributed by atoms with Gasteiger partial charge in [0, 0.05) is 30.6 Å². The summed E-state index contributed by atoms with van der Waals surface area (Å²) in [6, 6.07) is 14.0. The second-order valence-corrected chi connectivity index (χ2v) is 5.49. The van der Waals surface area contributed by atoms with Gasteiger partial charge in [0.15, 0.2) is 0 Å². The fraction of sp³-hybridized carbons (Fsp3) is 0.250. The Balaban J connectivity index is 1.94. The summed E-state index contributed by atoms with van der Waals surface area (Å²) in [6.45, 7) is 0.857. The minimum atomic E-state index is -0.307. The second-order valence-electron chi connectivity index (χ2n) is 5.49. The molecule has 4 nitrogen and oxygen atoms in total. The number of nitro benzene ring substituents is 1. The van der Waals surface area contributed by atoms with Crippen LogP contribution in [0.1, 0.15) is 34.2 Å². The van der Waals surface area contributed by atoms with E-state index < -0.39 is 0 Å². The summed E-state index contributed by atoms with van der Waals surface area (Å²) in [5.74, 6) is 0.222. The number of non-ortho nitro benzene ring substituents is 1. The molecule has 20 heavy (non-hydrogen) atoms. The Bertz CT molecular complexity index is 711. The van der Waals surface area contributed by atoms with Crippen molar-refractivity contribution in [3.63, 3.8) is 0 Å². The first-order valence-electron chi connectivity index (χ1n) is 6.83. The fourth-order valence-corrected chi connectivity index (χ4v) is 3.51. The van der Waals surface area contributed by atoms with E-state index in [0.717, 1.165) is 18.5 Å². The van der Waals surface area contributed by atoms with Gasteiger partial charge in [-0.05, 0) is 28.7 Å². The smallest absolute Gasteiger partial charge is 0.269 e. The average molecular weight is 266 g/mol. The van der Waals surface area contributed by atoms with Gasteiger partial charge in [-0.3, -0.25) is 10.1 Å². The van der Waals surface area contributed by atoms with Crippen LogP contribution in [0, 0.1) is 10.1 Å². The van der Waals surface area contributed by atoms with Gasteiger partial charge in [0.25, 0.3) is 5.69 Å². The van der Waals surface area contributed by atoms with Crippen LogP contribution in [0.4, 0.5) is 5.69 Å². The zero-order valence-electron chi connectivity index (χ0n) is 10.9. The van der Waals surface area contributed by atoms with Crippen molar-refractivity contribution in [2.45, 2.75) is 18.4 Å². The van der Waals surface area contributed by atoms with Crippen LogP contribution in [0.5, 0.6) is 0 Å². The van der Waals surface area contributed by atoms with Crippen LogP contribution in [-0.2, 0) is 6.42 Å². The monoisotopic (exact) mass is 266 g/mol. The molecule has 0 spiro atoms. The van der Waals surface area contributed by atoms with Gasteiger partial charge in [-0.1, -0.05) is 30.3 Å². The Morgan fingerprint density at radius 2 is 1.95 bits per heavy atom. The number of hydrogen-bond acceptors (Lipinski definition) is 3. The maximum absolute atomic E-state index is 11.0. The number of nitrogens with zero attached hydrogens (tertiary/aromatic N) is 1. The molecule has 5 rings (SSSR count). The third-order valence-electron chi connectivity index (χ3n) is 4.45. The fourth-order valence-electron chi connectivity index (χ4n) is 3.51. The van der Waals surface area contributed by atoms with E-state index in [1.807, 2.05) is 6.07 Å². The molecule has 2 aliphatic heterocycles. The molecule has 4 heteroatoms. The SMILES string of the molecule is O=[N+]([O-])c1ccc2c(c1)[C@H]1CN[C@H]2Cc2ccccc21. The highest BCUT2D eigenvalue weighted by molar-refractivity contribution is 5.52. The summed E-state index contributed by atoms with van der Waals surface area (Å²) >= 11 is 0. The van der Waals surface area contributed by atoms with E-state index in [9.17, 15) is 10.1 Å². The lowest BCUT2D eigenvalue weighted by Gasteiger charge is -2.28. The molecule has 0 saturated carbocycles. The van der Waals surface area contributed by atoms with Crippen LogP contribution in [0.2, 0.25) is 0 Å². The molecule has 0 saturated heterocycles. The van der Waals surface area contributed by atoms with Gasteiger partial charge in [0.05, 0.1) is 4.92 Å². The van der Waals surface area contributed by atoms with Crippen molar-refractivity contribution in [1.29, 1.82) is 0 Å². The molecule has 2 bridgehead atoms. The van der Waals surface area contributed by atoms with Gasteiger partial charge >= 0.3 is 0 Å². The molecule has 0 fully saturated rings. The Morgan fingerprint density at radius 1 is 1.10 bits per heavy atom. The van der Waals surface area contributed by atoms with Gasteiger partial charge in [-0.25, -0.2) is 0 Å². The zero-order valence-corrected chi connectivity index (χ0v) is 10.9. The second kappa shape index (κ2) is 4.15. The molecule has 0 aromatic heterocycles. The Morgan fingerprint density at radius 3 is 2.80 bits per heavy atom. The molecule has 2 aromatic carbocycles. The maximum Gasteiger partial charge on any atom is 0.269 e. The molecule has 100 valence electrons. The molecule has 0 amide bonds. The number of nitro groups is 1. The van der Waals surface area contributed by atoms with Crippen molar-refractivity contribution in [3.05, 3.63) is 74.8 Å². The van der Waals surface area contributed by atoms with Gasteiger partial charge in [0.2, 0.25) is 0 Å². The zero-order chi connectivity index (χ0) is 13.7. The van der Waals surface area contributed by atoms with Gasteiger partial charge in [0.1, 0.15) is 0 Å². The van der Waals surface area contributed by atoms with Crippen molar-refractivity contribution in [2.24, 2.45) is 0 Å². The molecular formula is C16H14N2O2. The van der Waals surface area contributed by atoms with E-state index in [4.69, 9.17) is 0 Å². The van der Waals surface area contributed by atoms with Crippen molar-refractivity contribution < 1.29 is 4.92 Å². The van der Waals surface area contributed by atoms with Crippen LogP contribution in [-0.4, -0.2) is 11.5 Å². The normalized spacial score (nSPS) is 22.8. The Hall–Kier alpha value is -2.20. The van der Waals surface area contributed by atoms with E-state index in [2.05, 4.69) is 29.6 Å². The molecule has 0 unspecified atom stereocenters. The standard InChI is InChI=1S/C16H14N2O2/c19-18(20)11-5-6-13-14(8-11)15-9-17-16(13)7-10-3-1-2-4-12(10)15/h1-6,8,15-17H,7,9H2/t15-,16-/m0/s1. The van der Waals surface area contributed by atoms with Crippen LogP contribution in [0.25, 0.3) is 0 Å². The molecular weight excluding hydrogens is 252 g/mol. The molecule has 0 radical (unpaired) electrons. The minimum absolute atomic E-state index is 0.189. The third kappa shape index (κ3) is 1.58. The maximum atomic E-state index is 11.0. The van der Waals surface area contributed by atoms with E-state index >= 15 is 0 Å². The highest BCUT2D eigenvalue weighted by Crippen LogP contribution is 2.42. The number of hydrogen-bond donors (Lipinski definition) is 1. The summed E-state index contributed by atoms with van der Waals surface area (Å²) in [6.07, 6.45) is 0.956. The summed E-state index contributed by atoms with van der Waals surface area (Å²) < 4.78 is 0. The molecule has 2 aromatic rings. The number of fused-ring (bicyclic) bond motifs is 1. The van der Waals surface area contributed by atoms with Crippen molar-refractivity contribution in [1.82, 2.24) is 5.32 Å². The summed E-state index contributed by atoms with van der Waals surface area (Å²) in [7, 11) is 0. The van der Waals surface area contributed by atoms with Crippen LogP contribution in [0.3, 0.4) is 0 Å². The number of rotatable bonds is 1. The first-order valence-corrected chi connectivity index (χ1v) is 6.83. The first-order chi connectivity index (χ1) is 9.74. The first kappa shape index (κ1) is 11.6. The predicted octanol–water partition coefficient (Wildman–Crippen LogP) is 2.93. The van der Waals surface area contributed by atoms with Crippen LogP contribution in [0.15, 0.2) is 42.5 Å². The highest BCUT2D eigenvalue weighted by atomic mass is 16.6. The van der Waals surface area contributed by atoms with Crippen molar-refractivity contribution in [3.8, 4) is 0 Å². The molecule has 2 atom stereocenters. The quantitative estimate of drug-likeness (QED) is 0.637. The molecule has 1 N–H and O–H groups in total. The van der Waals surface area contributed by atoms with Gasteiger partial charge in [-0.2, -0.15) is 0 Å². The summed E-state index contributed by atoms with van der Waals surface area (Å²) in [5.41, 5.74) is 5.18. The minimum Gasteiger partial charge on any atom is -0.309 e. The molecule has 2 heterocycles.